The summed E-state index contributed by atoms with van der Waals surface area (Å²) in [5, 5.41) is 2.76. The van der Waals surface area contributed by atoms with E-state index in [0.717, 1.165) is 12.8 Å². The van der Waals surface area contributed by atoms with Crippen molar-refractivity contribution in [1.82, 2.24) is 4.90 Å². The van der Waals surface area contributed by atoms with Gasteiger partial charge in [0, 0.05) is 12.3 Å². The van der Waals surface area contributed by atoms with Crippen molar-refractivity contribution in [2.45, 2.75) is 18.9 Å². The van der Waals surface area contributed by atoms with Crippen LogP contribution in [0.15, 0.2) is 42.5 Å². The second kappa shape index (κ2) is 7.44. The molecule has 7 nitrogen and oxygen atoms in total. The Morgan fingerprint density at radius 3 is 2.71 bits per heavy atom. The molecule has 28 heavy (non-hydrogen) atoms. The van der Waals surface area contributed by atoms with Crippen LogP contribution in [0.25, 0.3) is 0 Å². The van der Waals surface area contributed by atoms with Crippen molar-refractivity contribution in [2.75, 3.05) is 25.6 Å². The third-order valence-corrected chi connectivity index (χ3v) is 4.99. The lowest BCUT2D eigenvalue weighted by molar-refractivity contribution is 0.0475. The number of nitrogens with one attached hydrogen (secondary N) is 1. The molecule has 0 aliphatic carbocycles. The van der Waals surface area contributed by atoms with Gasteiger partial charge in [-0.15, -0.1) is 0 Å². The minimum atomic E-state index is -0.358. The minimum Gasteiger partial charge on any atom is -0.496 e. The van der Waals surface area contributed by atoms with Gasteiger partial charge in [-0.3, -0.25) is 19.3 Å². The first kappa shape index (κ1) is 18.2. The smallest absolute Gasteiger partial charge is 0.261 e. The van der Waals surface area contributed by atoms with Gasteiger partial charge in [0.1, 0.15) is 5.75 Å². The molecule has 0 radical (unpaired) electrons. The van der Waals surface area contributed by atoms with E-state index in [2.05, 4.69) is 5.32 Å². The number of carbonyl (C=O) groups is 3. The number of fused-ring (bicyclic) bond motifs is 1. The van der Waals surface area contributed by atoms with Gasteiger partial charge < -0.3 is 14.8 Å². The summed E-state index contributed by atoms with van der Waals surface area (Å²) in [5.74, 6) is -0.581. The molecule has 1 unspecified atom stereocenters. The molecule has 0 saturated carbocycles. The molecule has 2 heterocycles. The summed E-state index contributed by atoms with van der Waals surface area (Å²) in [6, 6.07) is 11.6. The number of hydrogen-bond donors (Lipinski definition) is 1. The number of methoxy groups -OCH3 is 1. The number of imide groups is 1. The Hall–Kier alpha value is -3.19. The van der Waals surface area contributed by atoms with Gasteiger partial charge >= 0.3 is 0 Å². The molecule has 1 N–H and O–H groups in total. The van der Waals surface area contributed by atoms with Gasteiger partial charge in [0.2, 0.25) is 0 Å². The van der Waals surface area contributed by atoms with Crippen molar-refractivity contribution in [3.05, 3.63) is 59.2 Å². The highest BCUT2D eigenvalue weighted by Crippen LogP contribution is 2.28. The Morgan fingerprint density at radius 1 is 1.18 bits per heavy atom. The Kier molecular flexibility index (Phi) is 4.83. The maximum absolute atomic E-state index is 12.7. The number of ether oxygens (including phenoxy) is 2. The van der Waals surface area contributed by atoms with Crippen LogP contribution in [0.1, 0.15) is 43.9 Å². The summed E-state index contributed by atoms with van der Waals surface area (Å²) in [5.41, 5.74) is 1.46. The average molecular weight is 380 g/mol. The summed E-state index contributed by atoms with van der Waals surface area (Å²) >= 11 is 0. The number of amides is 3. The molecule has 7 heteroatoms. The van der Waals surface area contributed by atoms with Crippen molar-refractivity contribution < 1.29 is 23.9 Å². The molecule has 2 aliphatic rings. The summed E-state index contributed by atoms with van der Waals surface area (Å²) in [6.45, 7) is 0.919. The first-order chi connectivity index (χ1) is 13.6. The molecular formula is C21H20N2O5. The summed E-state index contributed by atoms with van der Waals surface area (Å²) in [7, 11) is 1.49. The maximum Gasteiger partial charge on any atom is 0.261 e. The topological polar surface area (TPSA) is 84.9 Å². The van der Waals surface area contributed by atoms with Gasteiger partial charge in [0.15, 0.2) is 0 Å². The summed E-state index contributed by atoms with van der Waals surface area (Å²) in [6.07, 6.45) is 1.67. The normalized spacial score (nSPS) is 18.3. The van der Waals surface area contributed by atoms with Gasteiger partial charge in [-0.1, -0.05) is 12.1 Å². The fraction of sp³-hybridized carbons (Fsp3) is 0.286. The van der Waals surface area contributed by atoms with E-state index >= 15 is 0 Å². The molecule has 1 atom stereocenters. The molecule has 144 valence electrons. The van der Waals surface area contributed by atoms with Crippen LogP contribution in [0.5, 0.6) is 5.75 Å². The number of nitrogens with zero attached hydrogens (tertiary/aromatic N) is 1. The van der Waals surface area contributed by atoms with Crippen LogP contribution >= 0.6 is 0 Å². The van der Waals surface area contributed by atoms with Crippen LogP contribution in [0, 0.1) is 0 Å². The molecule has 0 bridgehead atoms. The van der Waals surface area contributed by atoms with Gasteiger partial charge in [0.25, 0.3) is 17.7 Å². The van der Waals surface area contributed by atoms with Crippen molar-refractivity contribution in [3.63, 3.8) is 0 Å². The molecule has 1 fully saturated rings. The predicted octanol–water partition coefficient (Wildman–Crippen LogP) is 2.72. The van der Waals surface area contributed by atoms with Gasteiger partial charge in [-0.25, -0.2) is 0 Å². The van der Waals surface area contributed by atoms with E-state index < -0.39 is 0 Å². The Bertz CT molecular complexity index is 950. The fourth-order valence-electron chi connectivity index (χ4n) is 3.56. The molecule has 4 rings (SSSR count). The van der Waals surface area contributed by atoms with Gasteiger partial charge in [-0.2, -0.15) is 0 Å². The molecule has 2 aromatic rings. The van der Waals surface area contributed by atoms with Crippen LogP contribution in [-0.2, 0) is 4.74 Å². The quantitative estimate of drug-likeness (QED) is 0.807. The number of rotatable bonds is 5. The molecule has 0 spiro atoms. The summed E-state index contributed by atoms with van der Waals surface area (Å²) < 4.78 is 10.8. The van der Waals surface area contributed by atoms with E-state index in [1.807, 2.05) is 0 Å². The van der Waals surface area contributed by atoms with Gasteiger partial charge in [0.05, 0.1) is 36.4 Å². The SMILES string of the molecule is COc1ccccc1C(=O)Nc1ccc2c(c1)C(=O)N(CC1CCCO1)C2=O. The maximum atomic E-state index is 12.7. The van der Waals surface area contributed by atoms with Crippen LogP contribution in [0.3, 0.4) is 0 Å². The van der Waals surface area contributed by atoms with E-state index in [1.165, 1.54) is 12.0 Å². The zero-order valence-corrected chi connectivity index (χ0v) is 15.4. The van der Waals surface area contributed by atoms with Crippen molar-refractivity contribution >= 4 is 23.4 Å². The van der Waals surface area contributed by atoms with Crippen LogP contribution in [0.4, 0.5) is 5.69 Å². The zero-order chi connectivity index (χ0) is 19.7. The first-order valence-electron chi connectivity index (χ1n) is 9.14. The van der Waals surface area contributed by atoms with Crippen LogP contribution in [-0.4, -0.2) is 49.0 Å². The second-order valence-corrected chi connectivity index (χ2v) is 6.77. The number of anilines is 1. The van der Waals surface area contributed by atoms with Crippen molar-refractivity contribution in [3.8, 4) is 5.75 Å². The lowest BCUT2D eigenvalue weighted by Gasteiger charge is -2.17. The largest absolute Gasteiger partial charge is 0.496 e. The molecular weight excluding hydrogens is 360 g/mol. The number of para-hydroxylation sites is 1. The number of carbonyl (C=O) groups excluding carboxylic acids is 3. The average Bonchev–Trinajstić information content (AvgIpc) is 3.31. The Morgan fingerprint density at radius 2 is 1.96 bits per heavy atom. The molecule has 0 aromatic heterocycles. The van der Waals surface area contributed by atoms with E-state index in [-0.39, 0.29) is 30.4 Å². The monoisotopic (exact) mass is 380 g/mol. The van der Waals surface area contributed by atoms with Crippen LogP contribution in [0.2, 0.25) is 0 Å². The Labute approximate surface area is 162 Å². The second-order valence-electron chi connectivity index (χ2n) is 6.77. The zero-order valence-electron chi connectivity index (χ0n) is 15.4. The molecule has 2 aromatic carbocycles. The fourth-order valence-corrected chi connectivity index (χ4v) is 3.56. The highest BCUT2D eigenvalue weighted by molar-refractivity contribution is 6.22. The third-order valence-electron chi connectivity index (χ3n) is 4.99. The van der Waals surface area contributed by atoms with E-state index in [0.29, 0.717) is 34.7 Å². The third kappa shape index (κ3) is 3.25. The van der Waals surface area contributed by atoms with Gasteiger partial charge in [-0.05, 0) is 43.2 Å². The lowest BCUT2D eigenvalue weighted by atomic mass is 10.1. The van der Waals surface area contributed by atoms with Crippen molar-refractivity contribution in [1.29, 1.82) is 0 Å². The van der Waals surface area contributed by atoms with E-state index in [4.69, 9.17) is 9.47 Å². The highest BCUT2D eigenvalue weighted by atomic mass is 16.5. The van der Waals surface area contributed by atoms with E-state index in [9.17, 15) is 14.4 Å². The molecule has 3 amide bonds. The lowest BCUT2D eigenvalue weighted by Crippen LogP contribution is -2.36. The Balaban J connectivity index is 1.54. The van der Waals surface area contributed by atoms with Crippen molar-refractivity contribution in [2.24, 2.45) is 0 Å². The molecule has 2 aliphatic heterocycles. The highest BCUT2D eigenvalue weighted by Gasteiger charge is 2.37. The standard InChI is InChI=1S/C21H20N2O5/c1-27-18-7-3-2-6-16(18)19(24)22-13-8-9-15-17(11-13)21(26)23(20(15)25)12-14-5-4-10-28-14/h2-3,6-9,11,14H,4-5,10,12H2,1H3,(H,22,24). The minimum absolute atomic E-state index is 0.105. The molecule has 1 saturated heterocycles. The summed E-state index contributed by atoms with van der Waals surface area (Å²) in [4.78, 5) is 39.1. The first-order valence-corrected chi connectivity index (χ1v) is 9.14. The number of hydrogen-bond acceptors (Lipinski definition) is 5. The number of benzene rings is 2. The van der Waals surface area contributed by atoms with Crippen LogP contribution < -0.4 is 10.1 Å². The predicted molar refractivity (Wildman–Crippen MR) is 102 cm³/mol. The van der Waals surface area contributed by atoms with E-state index in [1.54, 1.807) is 42.5 Å².